The average molecular weight is 214 g/mol. The topological polar surface area (TPSA) is 38.9 Å². The summed E-state index contributed by atoms with van der Waals surface area (Å²) in [6.07, 6.45) is 4.27. The largest absolute Gasteiger partial charge is 0.327 e. The van der Waals surface area contributed by atoms with E-state index in [2.05, 4.69) is 4.98 Å². The van der Waals surface area contributed by atoms with Gasteiger partial charge in [0.15, 0.2) is 0 Å². The van der Waals surface area contributed by atoms with Crippen LogP contribution in [0.3, 0.4) is 0 Å². The summed E-state index contributed by atoms with van der Waals surface area (Å²) in [6, 6.07) is 0.406. The molecule has 13 heavy (non-hydrogen) atoms. The first-order valence-corrected chi connectivity index (χ1v) is 6.60. The zero-order valence-electron chi connectivity index (χ0n) is 7.48. The van der Waals surface area contributed by atoms with Gasteiger partial charge in [0, 0.05) is 17.1 Å². The molecule has 2 atom stereocenters. The Balaban J connectivity index is 1.93. The van der Waals surface area contributed by atoms with Crippen molar-refractivity contribution in [3.63, 3.8) is 0 Å². The Labute approximate surface area is 86.9 Å². The summed E-state index contributed by atoms with van der Waals surface area (Å²) in [7, 11) is 0. The van der Waals surface area contributed by atoms with Crippen LogP contribution in [0.4, 0.5) is 0 Å². The second-order valence-corrected chi connectivity index (χ2v) is 5.58. The van der Waals surface area contributed by atoms with Gasteiger partial charge in [0.1, 0.15) is 0 Å². The van der Waals surface area contributed by atoms with Gasteiger partial charge in [-0.1, -0.05) is 0 Å². The molecule has 1 aromatic heterocycles. The molecule has 0 radical (unpaired) electrons. The fourth-order valence-corrected chi connectivity index (χ4v) is 3.59. The third-order valence-corrected chi connectivity index (χ3v) is 4.47. The first-order valence-electron chi connectivity index (χ1n) is 4.57. The van der Waals surface area contributed by atoms with Crippen LogP contribution in [-0.2, 0) is 6.42 Å². The number of thioether (sulfide) groups is 1. The molecule has 1 aromatic rings. The van der Waals surface area contributed by atoms with E-state index in [0.29, 0.717) is 12.0 Å². The monoisotopic (exact) mass is 214 g/mol. The number of thiazole rings is 1. The number of nitrogens with two attached hydrogens (primary N) is 1. The third kappa shape index (κ3) is 2.45. The highest BCUT2D eigenvalue weighted by Crippen LogP contribution is 2.25. The number of aromatic nitrogens is 1. The molecule has 2 heterocycles. The van der Waals surface area contributed by atoms with Gasteiger partial charge in [0.25, 0.3) is 0 Å². The number of hydrogen-bond acceptors (Lipinski definition) is 4. The highest BCUT2D eigenvalue weighted by atomic mass is 32.2. The number of rotatable bonds is 2. The molecule has 0 spiro atoms. The molecule has 2 N–H and O–H groups in total. The molecule has 1 saturated heterocycles. The van der Waals surface area contributed by atoms with E-state index >= 15 is 0 Å². The van der Waals surface area contributed by atoms with Crippen molar-refractivity contribution in [1.29, 1.82) is 0 Å². The molecule has 1 fully saturated rings. The molecule has 4 heteroatoms. The summed E-state index contributed by atoms with van der Waals surface area (Å²) < 4.78 is 0. The quantitative estimate of drug-likeness (QED) is 0.815. The molecule has 1 aliphatic rings. The van der Waals surface area contributed by atoms with E-state index in [9.17, 15) is 0 Å². The van der Waals surface area contributed by atoms with Crippen LogP contribution >= 0.6 is 23.1 Å². The standard InChI is InChI=1S/C9H14N2S2/c10-9-1-2-12-5-7(9)3-8-4-11-6-13-8/h4,6-7,9H,1-3,5,10H2. The predicted octanol–water partition coefficient (Wildman–Crippen LogP) is 1.77. The van der Waals surface area contributed by atoms with E-state index in [1.807, 2.05) is 23.5 Å². The molecule has 0 aliphatic carbocycles. The minimum Gasteiger partial charge on any atom is -0.327 e. The van der Waals surface area contributed by atoms with E-state index < -0.39 is 0 Å². The van der Waals surface area contributed by atoms with Crippen molar-refractivity contribution in [1.82, 2.24) is 4.98 Å². The van der Waals surface area contributed by atoms with Crippen molar-refractivity contribution in [3.8, 4) is 0 Å². The first kappa shape index (κ1) is 9.49. The summed E-state index contributed by atoms with van der Waals surface area (Å²) in [6.45, 7) is 0. The molecular weight excluding hydrogens is 200 g/mol. The second kappa shape index (κ2) is 4.44. The van der Waals surface area contributed by atoms with Gasteiger partial charge in [-0.3, -0.25) is 4.98 Å². The minimum absolute atomic E-state index is 0.406. The maximum absolute atomic E-state index is 6.07. The smallest absolute Gasteiger partial charge is 0.0794 e. The Kier molecular flexibility index (Phi) is 3.24. The van der Waals surface area contributed by atoms with Gasteiger partial charge in [0.2, 0.25) is 0 Å². The summed E-state index contributed by atoms with van der Waals surface area (Å²) in [5, 5.41) is 0. The van der Waals surface area contributed by atoms with Gasteiger partial charge in [-0.15, -0.1) is 11.3 Å². The Hall–Kier alpha value is -0.0600. The van der Waals surface area contributed by atoms with E-state index in [4.69, 9.17) is 5.73 Å². The lowest BCUT2D eigenvalue weighted by Gasteiger charge is -2.27. The summed E-state index contributed by atoms with van der Waals surface area (Å²) in [5.41, 5.74) is 7.97. The average Bonchev–Trinajstić information content (AvgIpc) is 2.61. The van der Waals surface area contributed by atoms with Crippen molar-refractivity contribution in [3.05, 3.63) is 16.6 Å². The van der Waals surface area contributed by atoms with Crippen LogP contribution in [0.5, 0.6) is 0 Å². The van der Waals surface area contributed by atoms with Gasteiger partial charge in [0.05, 0.1) is 5.51 Å². The van der Waals surface area contributed by atoms with Crippen molar-refractivity contribution < 1.29 is 0 Å². The van der Waals surface area contributed by atoms with Gasteiger partial charge in [-0.05, 0) is 30.3 Å². The molecule has 0 aromatic carbocycles. The lowest BCUT2D eigenvalue weighted by atomic mass is 9.96. The normalized spacial score (nSPS) is 29.0. The zero-order valence-corrected chi connectivity index (χ0v) is 9.11. The minimum atomic E-state index is 0.406. The van der Waals surface area contributed by atoms with Crippen LogP contribution in [0.2, 0.25) is 0 Å². The van der Waals surface area contributed by atoms with Crippen molar-refractivity contribution >= 4 is 23.1 Å². The third-order valence-electron chi connectivity index (χ3n) is 2.48. The van der Waals surface area contributed by atoms with Crippen LogP contribution in [0.15, 0.2) is 11.7 Å². The number of hydrogen-bond donors (Lipinski definition) is 1. The summed E-state index contributed by atoms with van der Waals surface area (Å²) in [5.74, 6) is 3.12. The maximum atomic E-state index is 6.07. The predicted molar refractivity (Wildman–Crippen MR) is 59.2 cm³/mol. The van der Waals surface area contributed by atoms with E-state index in [0.717, 1.165) is 6.42 Å². The van der Waals surface area contributed by atoms with Gasteiger partial charge < -0.3 is 5.73 Å². The van der Waals surface area contributed by atoms with Gasteiger partial charge in [-0.25, -0.2) is 0 Å². The highest BCUT2D eigenvalue weighted by molar-refractivity contribution is 7.99. The van der Waals surface area contributed by atoms with Crippen LogP contribution in [0.1, 0.15) is 11.3 Å². The fraction of sp³-hybridized carbons (Fsp3) is 0.667. The highest BCUT2D eigenvalue weighted by Gasteiger charge is 2.22. The van der Waals surface area contributed by atoms with E-state index in [-0.39, 0.29) is 0 Å². The Bertz CT molecular complexity index is 248. The van der Waals surface area contributed by atoms with E-state index in [1.165, 1.54) is 22.8 Å². The lowest BCUT2D eigenvalue weighted by molar-refractivity contribution is 0.443. The second-order valence-electron chi connectivity index (χ2n) is 3.46. The van der Waals surface area contributed by atoms with Crippen LogP contribution in [0.25, 0.3) is 0 Å². The molecule has 2 unspecified atom stereocenters. The van der Waals surface area contributed by atoms with Gasteiger partial charge in [-0.2, -0.15) is 11.8 Å². The first-order chi connectivity index (χ1) is 6.36. The van der Waals surface area contributed by atoms with Crippen LogP contribution in [0, 0.1) is 5.92 Å². The zero-order chi connectivity index (χ0) is 9.10. The SMILES string of the molecule is NC1CCSCC1Cc1cncs1. The number of nitrogens with zero attached hydrogens (tertiary/aromatic N) is 1. The molecule has 0 saturated carbocycles. The summed E-state index contributed by atoms with van der Waals surface area (Å²) >= 11 is 3.78. The molecule has 2 rings (SSSR count). The molecule has 0 bridgehead atoms. The summed E-state index contributed by atoms with van der Waals surface area (Å²) in [4.78, 5) is 5.46. The van der Waals surface area contributed by atoms with Crippen LogP contribution in [-0.4, -0.2) is 22.5 Å². The Morgan fingerprint density at radius 1 is 1.62 bits per heavy atom. The molecular formula is C9H14N2S2. The Morgan fingerprint density at radius 3 is 3.23 bits per heavy atom. The fourth-order valence-electron chi connectivity index (χ4n) is 1.63. The molecule has 72 valence electrons. The van der Waals surface area contributed by atoms with E-state index in [1.54, 1.807) is 11.3 Å². The molecule has 0 amide bonds. The van der Waals surface area contributed by atoms with Crippen LogP contribution < -0.4 is 5.73 Å². The Morgan fingerprint density at radius 2 is 2.54 bits per heavy atom. The lowest BCUT2D eigenvalue weighted by Crippen LogP contribution is -2.36. The van der Waals surface area contributed by atoms with Crippen molar-refractivity contribution in [2.75, 3.05) is 11.5 Å². The van der Waals surface area contributed by atoms with Gasteiger partial charge >= 0.3 is 0 Å². The van der Waals surface area contributed by atoms with Crippen molar-refractivity contribution in [2.45, 2.75) is 18.9 Å². The molecule has 2 nitrogen and oxygen atoms in total. The van der Waals surface area contributed by atoms with Crippen molar-refractivity contribution in [2.24, 2.45) is 11.7 Å². The maximum Gasteiger partial charge on any atom is 0.0794 e. The molecule has 1 aliphatic heterocycles.